The summed E-state index contributed by atoms with van der Waals surface area (Å²) in [6.07, 6.45) is 1.75. The molecule has 2 N–H and O–H groups in total. The number of anilines is 1. The fourth-order valence-corrected chi connectivity index (χ4v) is 2.48. The number of nitrogens with one attached hydrogen (secondary N) is 2. The zero-order valence-corrected chi connectivity index (χ0v) is 15.5. The Bertz CT molecular complexity index is 754. The van der Waals surface area contributed by atoms with Gasteiger partial charge in [-0.3, -0.25) is 14.6 Å². The van der Waals surface area contributed by atoms with E-state index in [1.807, 2.05) is 45.0 Å². The number of pyridine rings is 1. The number of nitrogens with zero attached hydrogens (tertiary/aromatic N) is 1. The molecule has 0 atom stereocenters. The Hall–Kier alpha value is -2.21. The van der Waals surface area contributed by atoms with Gasteiger partial charge in [0.05, 0.1) is 6.42 Å². The lowest BCUT2D eigenvalue weighted by Crippen LogP contribution is -2.40. The van der Waals surface area contributed by atoms with Crippen molar-refractivity contribution in [3.8, 4) is 0 Å². The van der Waals surface area contributed by atoms with Crippen molar-refractivity contribution in [2.45, 2.75) is 32.7 Å². The minimum Gasteiger partial charge on any atom is -0.346 e. The van der Waals surface area contributed by atoms with Gasteiger partial charge in [0.15, 0.2) is 0 Å². The third-order valence-corrected chi connectivity index (χ3v) is 3.85. The molecule has 0 fully saturated rings. The predicted octanol–water partition coefficient (Wildman–Crippen LogP) is 3.55. The lowest BCUT2D eigenvalue weighted by atomic mass is 10.1. The van der Waals surface area contributed by atoms with Crippen LogP contribution in [0.3, 0.4) is 0 Å². The van der Waals surface area contributed by atoms with Crippen LogP contribution in [0.5, 0.6) is 0 Å². The standard InChI is InChI=1S/C18H20BrN3O2/c1-18(2,3)22-17(24)15-11-13(8-9-20-15)21-16(23)10-12-6-4-5-7-14(12)19/h4-9,11H,10H2,1-3H3,(H,22,24)(H,20,21,23). The van der Waals surface area contributed by atoms with Crippen molar-refractivity contribution in [1.29, 1.82) is 0 Å². The van der Waals surface area contributed by atoms with Gasteiger partial charge in [-0.2, -0.15) is 0 Å². The van der Waals surface area contributed by atoms with E-state index in [0.717, 1.165) is 10.0 Å². The minimum absolute atomic E-state index is 0.157. The van der Waals surface area contributed by atoms with Crippen molar-refractivity contribution in [3.05, 3.63) is 58.3 Å². The summed E-state index contributed by atoms with van der Waals surface area (Å²) in [6.45, 7) is 5.69. The Kier molecular flexibility index (Phi) is 5.72. The second-order valence-electron chi connectivity index (χ2n) is 6.45. The highest BCUT2D eigenvalue weighted by atomic mass is 79.9. The highest BCUT2D eigenvalue weighted by Crippen LogP contribution is 2.17. The Morgan fingerprint density at radius 3 is 2.54 bits per heavy atom. The maximum absolute atomic E-state index is 12.2. The molecule has 2 aromatic rings. The second-order valence-corrected chi connectivity index (χ2v) is 7.30. The first kappa shape index (κ1) is 18.1. The van der Waals surface area contributed by atoms with E-state index >= 15 is 0 Å². The molecule has 0 spiro atoms. The number of benzene rings is 1. The molecule has 2 rings (SSSR count). The van der Waals surface area contributed by atoms with Crippen LogP contribution in [0.4, 0.5) is 5.69 Å². The molecule has 0 aliphatic heterocycles. The van der Waals surface area contributed by atoms with E-state index in [2.05, 4.69) is 31.5 Å². The van der Waals surface area contributed by atoms with E-state index in [1.54, 1.807) is 12.1 Å². The predicted molar refractivity (Wildman–Crippen MR) is 97.9 cm³/mol. The summed E-state index contributed by atoms with van der Waals surface area (Å²) in [5.41, 5.74) is 1.36. The van der Waals surface area contributed by atoms with Gasteiger partial charge in [-0.1, -0.05) is 34.1 Å². The molecule has 5 nitrogen and oxygen atoms in total. The lowest BCUT2D eigenvalue weighted by molar-refractivity contribution is -0.115. The van der Waals surface area contributed by atoms with Gasteiger partial charge in [0.1, 0.15) is 5.69 Å². The van der Waals surface area contributed by atoms with Gasteiger partial charge in [0.2, 0.25) is 5.91 Å². The Morgan fingerprint density at radius 2 is 1.88 bits per heavy atom. The molecule has 24 heavy (non-hydrogen) atoms. The molecule has 0 radical (unpaired) electrons. The molecule has 1 heterocycles. The fraction of sp³-hybridized carbons (Fsp3) is 0.278. The smallest absolute Gasteiger partial charge is 0.270 e. The molecule has 126 valence electrons. The SMILES string of the molecule is CC(C)(C)NC(=O)c1cc(NC(=O)Cc2ccccc2Br)ccn1. The van der Waals surface area contributed by atoms with Gasteiger partial charge < -0.3 is 10.6 Å². The number of carbonyl (C=O) groups excluding carboxylic acids is 2. The fourth-order valence-electron chi connectivity index (χ4n) is 2.06. The Labute approximate surface area is 150 Å². The zero-order chi connectivity index (χ0) is 17.7. The molecule has 0 aliphatic carbocycles. The van der Waals surface area contributed by atoms with E-state index in [4.69, 9.17) is 0 Å². The van der Waals surface area contributed by atoms with Crippen molar-refractivity contribution in [2.24, 2.45) is 0 Å². The summed E-state index contributed by atoms with van der Waals surface area (Å²) in [5.74, 6) is -0.431. The van der Waals surface area contributed by atoms with Crippen LogP contribution in [0.2, 0.25) is 0 Å². The highest BCUT2D eigenvalue weighted by molar-refractivity contribution is 9.10. The average Bonchev–Trinajstić information content (AvgIpc) is 2.48. The molecular formula is C18H20BrN3O2. The van der Waals surface area contributed by atoms with Crippen molar-refractivity contribution < 1.29 is 9.59 Å². The van der Waals surface area contributed by atoms with Crippen LogP contribution >= 0.6 is 15.9 Å². The van der Waals surface area contributed by atoms with Gasteiger partial charge in [-0.05, 0) is 44.5 Å². The van der Waals surface area contributed by atoms with Crippen LogP contribution in [0.25, 0.3) is 0 Å². The van der Waals surface area contributed by atoms with E-state index in [1.165, 1.54) is 6.20 Å². The second kappa shape index (κ2) is 7.57. The first-order valence-corrected chi connectivity index (χ1v) is 8.36. The van der Waals surface area contributed by atoms with Gasteiger partial charge >= 0.3 is 0 Å². The molecule has 6 heteroatoms. The van der Waals surface area contributed by atoms with Gasteiger partial charge in [0.25, 0.3) is 5.91 Å². The number of amides is 2. The lowest BCUT2D eigenvalue weighted by Gasteiger charge is -2.20. The molecule has 1 aromatic carbocycles. The Balaban J connectivity index is 2.05. The molecule has 1 aromatic heterocycles. The van der Waals surface area contributed by atoms with Crippen molar-refractivity contribution >= 4 is 33.4 Å². The number of aromatic nitrogens is 1. The zero-order valence-electron chi connectivity index (χ0n) is 13.9. The van der Waals surface area contributed by atoms with Crippen LogP contribution in [0, 0.1) is 0 Å². The van der Waals surface area contributed by atoms with Gasteiger partial charge in [-0.15, -0.1) is 0 Å². The van der Waals surface area contributed by atoms with Crippen LogP contribution in [-0.2, 0) is 11.2 Å². The van der Waals surface area contributed by atoms with Crippen LogP contribution < -0.4 is 10.6 Å². The number of halogens is 1. The van der Waals surface area contributed by atoms with E-state index < -0.39 is 0 Å². The van der Waals surface area contributed by atoms with Crippen molar-refractivity contribution in [2.75, 3.05) is 5.32 Å². The number of hydrogen-bond acceptors (Lipinski definition) is 3. The molecule has 2 amide bonds. The first-order chi connectivity index (χ1) is 11.2. The minimum atomic E-state index is -0.350. The summed E-state index contributed by atoms with van der Waals surface area (Å²) in [4.78, 5) is 28.4. The molecule has 0 saturated carbocycles. The molecule has 0 saturated heterocycles. The largest absolute Gasteiger partial charge is 0.346 e. The summed E-state index contributed by atoms with van der Waals surface area (Å²) in [7, 11) is 0. The normalized spacial score (nSPS) is 11.0. The third kappa shape index (κ3) is 5.45. The van der Waals surface area contributed by atoms with Crippen LogP contribution in [0.1, 0.15) is 36.8 Å². The van der Waals surface area contributed by atoms with Crippen molar-refractivity contribution in [1.82, 2.24) is 10.3 Å². The number of rotatable bonds is 4. The number of hydrogen-bond donors (Lipinski definition) is 2. The topological polar surface area (TPSA) is 71.1 Å². The van der Waals surface area contributed by atoms with E-state index in [0.29, 0.717) is 5.69 Å². The quantitative estimate of drug-likeness (QED) is 0.839. The average molecular weight is 390 g/mol. The first-order valence-electron chi connectivity index (χ1n) is 7.56. The Morgan fingerprint density at radius 1 is 1.17 bits per heavy atom. The van der Waals surface area contributed by atoms with E-state index in [-0.39, 0.29) is 29.5 Å². The summed E-state index contributed by atoms with van der Waals surface area (Å²) >= 11 is 3.43. The third-order valence-electron chi connectivity index (χ3n) is 3.07. The van der Waals surface area contributed by atoms with E-state index in [9.17, 15) is 9.59 Å². The maximum Gasteiger partial charge on any atom is 0.270 e. The molecular weight excluding hydrogens is 370 g/mol. The summed E-state index contributed by atoms with van der Waals surface area (Å²) in [6, 6.07) is 10.8. The van der Waals surface area contributed by atoms with Crippen LogP contribution in [0.15, 0.2) is 47.1 Å². The number of carbonyl (C=O) groups is 2. The summed E-state index contributed by atoms with van der Waals surface area (Å²) < 4.78 is 0.889. The molecule has 0 aliphatic rings. The maximum atomic E-state index is 12.2. The molecule has 0 bridgehead atoms. The molecule has 0 unspecified atom stereocenters. The van der Waals surface area contributed by atoms with Gasteiger partial charge in [-0.25, -0.2) is 0 Å². The summed E-state index contributed by atoms with van der Waals surface area (Å²) in [5, 5.41) is 5.64. The van der Waals surface area contributed by atoms with Crippen LogP contribution in [-0.4, -0.2) is 22.3 Å². The van der Waals surface area contributed by atoms with Gasteiger partial charge in [0, 0.05) is 21.9 Å². The highest BCUT2D eigenvalue weighted by Gasteiger charge is 2.17. The monoisotopic (exact) mass is 389 g/mol. The van der Waals surface area contributed by atoms with Crippen molar-refractivity contribution in [3.63, 3.8) is 0 Å².